The van der Waals surface area contributed by atoms with E-state index in [2.05, 4.69) is 6.92 Å². The third kappa shape index (κ3) is 12.1. The van der Waals surface area contributed by atoms with Crippen molar-refractivity contribution in [3.63, 3.8) is 0 Å². The molecule has 6 bridgehead atoms. The molecule has 3 aliphatic heterocycles. The molecular formula is C91H111FIN9O21. The molecule has 32 heteroatoms. The Hall–Kier alpha value is -9.06. The van der Waals surface area contributed by atoms with E-state index >= 15 is 0 Å². The maximum atomic E-state index is 14.0. The number of Topliss-reactive ketones (excluding diaryl/α,β-unsaturated/α-hetero) is 3. The molecule has 123 heavy (non-hydrogen) atoms. The first kappa shape index (κ1) is 87.4. The Kier molecular flexibility index (Phi) is 22.2. The van der Waals surface area contributed by atoms with E-state index in [-0.39, 0.29) is 122 Å². The van der Waals surface area contributed by atoms with Crippen LogP contribution in [0.25, 0.3) is 17.1 Å². The first-order valence-corrected chi connectivity index (χ1v) is 44.7. The van der Waals surface area contributed by atoms with E-state index < -0.39 is 156 Å². The minimum absolute atomic E-state index is 0.0639. The standard InChI is InChI=1S/C31H39N3O7.C30H36FN3O7.C30H36IN3O7/c1-18-11-13-30-16-24(40-5)26(36)31(30,39)29(18,4)25(41-20(3)35)15-23(19(30)2)21-12-14-32-27(37)34(28(38)33(32)17-21)22-9-7-6-8-10-22;2*1-17-9-11-29-14-22(35)25(37)30(29,40)28(17,3)23(41-24(36)15-31)13-21(18(29)2)19-10-12-32-26(38)34(27(39)33(32)16-19)20-7-5-4-6-8-20/h6-10,12,18-19,23-25,39H,11,13-17H2,1-5H3;2*4-8,10,17-18,21-23,35,40H,9,11-16H2,1-3H3/t18-,19+,23-,24+,25-,29+,30+,31-;2*17-,18+,21-,22+,23-,28+,29+,30-/m111/s1. The molecule has 0 radical (unpaired) electrons. The number of fused-ring (bicyclic) bond motifs is 3. The van der Waals surface area contributed by atoms with Crippen molar-refractivity contribution >= 4 is 57.8 Å². The Morgan fingerprint density at radius 2 is 0.732 bits per heavy atom. The summed E-state index contributed by atoms with van der Waals surface area (Å²) in [5, 5.41) is 59.7. The minimum atomic E-state index is -2.00. The molecule has 3 aromatic heterocycles. The molecule has 12 aliphatic rings. The van der Waals surface area contributed by atoms with Gasteiger partial charge in [0.2, 0.25) is 0 Å². The van der Waals surface area contributed by atoms with Crippen LogP contribution in [-0.2, 0) is 87.0 Å². The molecule has 9 saturated carbocycles. The van der Waals surface area contributed by atoms with Gasteiger partial charge in [-0.2, -0.15) is 0 Å². The molecule has 9 aliphatic carbocycles. The van der Waals surface area contributed by atoms with Gasteiger partial charge in [0.15, 0.2) is 24.0 Å². The van der Waals surface area contributed by atoms with Gasteiger partial charge in [-0.1, -0.05) is 158 Å². The van der Waals surface area contributed by atoms with Gasteiger partial charge in [0.1, 0.15) is 53.4 Å². The van der Waals surface area contributed by atoms with Gasteiger partial charge in [-0.25, -0.2) is 79.7 Å². The van der Waals surface area contributed by atoms with E-state index in [0.717, 1.165) is 32.3 Å². The molecular weight excluding hydrogens is 1700 g/mol. The van der Waals surface area contributed by atoms with Crippen LogP contribution in [0.5, 0.6) is 0 Å². The summed E-state index contributed by atoms with van der Waals surface area (Å²) in [6, 6.07) is 26.3. The van der Waals surface area contributed by atoms with Crippen LogP contribution >= 0.6 is 22.6 Å². The van der Waals surface area contributed by atoms with Crippen LogP contribution in [0.3, 0.4) is 0 Å². The fourth-order valence-corrected chi connectivity index (χ4v) is 26.9. The van der Waals surface area contributed by atoms with Gasteiger partial charge in [0, 0.05) is 46.5 Å². The monoisotopic (exact) mass is 1810 g/mol. The molecule has 18 rings (SSSR count). The average Bonchev–Trinajstić information content (AvgIpc) is 1.52. The van der Waals surface area contributed by atoms with E-state index in [9.17, 15) is 87.5 Å². The zero-order valence-electron chi connectivity index (χ0n) is 71.2. The largest absolute Gasteiger partial charge is 0.462 e. The first-order chi connectivity index (χ1) is 58.3. The highest BCUT2D eigenvalue weighted by Crippen LogP contribution is 2.74. The number of aliphatic hydroxyl groups is 5. The number of para-hydroxylation sites is 3. The summed E-state index contributed by atoms with van der Waals surface area (Å²) >= 11 is 1.95. The van der Waals surface area contributed by atoms with Crippen molar-refractivity contribution in [3.8, 4) is 17.1 Å². The Labute approximate surface area is 722 Å². The topological polar surface area (TPSA) is 387 Å². The smallest absolute Gasteiger partial charge is 0.352 e. The highest BCUT2D eigenvalue weighted by molar-refractivity contribution is 14.1. The Bertz CT molecular complexity index is 5360. The molecule has 3 aromatic carbocycles. The SMILES string of the molecule is CO[C@H]1C[C@@]23CC[C@@H](C)[C@@](C)([C@H](OC(C)=O)C[C@@H](C4=CCn5c(=O)n(-c6ccccc6)c(=O)n5C4)[C@@H]2C)[C@]3(O)C1=O.C[C@@H]1CC[C@@]23C[C@H](O)C(=O)[C@@]2(O)[C@]1(C)[C@H](OC(=O)CF)C[C@@H](C1=CCn2c(=O)n(-c4ccccc4)c(=O)n2C1)[C@@H]3C.C[C@@H]1CC[C@@]23C[C@H](O)C(=O)[C@@]2(O)[C@]1(C)[C@H](OC(=O)CI)C[C@@H](C1=CCn2c(=O)n(-c4ccccc4)c(=O)n2C1)[C@@H]3C. The second-order valence-corrected chi connectivity index (χ2v) is 38.7. The van der Waals surface area contributed by atoms with E-state index in [1.807, 2.05) is 101 Å². The number of rotatable bonds is 12. The number of allylic oxidation sites excluding steroid dienone is 6. The van der Waals surface area contributed by atoms with Crippen LogP contribution in [0.15, 0.2) is 155 Å². The molecule has 6 aromatic rings. The number of benzene rings is 3. The van der Waals surface area contributed by atoms with E-state index in [1.54, 1.807) is 85.8 Å². The van der Waals surface area contributed by atoms with E-state index in [1.165, 1.54) is 46.7 Å². The van der Waals surface area contributed by atoms with Crippen molar-refractivity contribution in [1.82, 2.24) is 41.8 Å². The lowest BCUT2D eigenvalue weighted by atomic mass is 9.46. The molecule has 24 atom stereocenters. The van der Waals surface area contributed by atoms with Gasteiger partial charge < -0.3 is 44.5 Å². The normalized spacial score (nSPS) is 38.0. The number of aliphatic hydroxyl groups excluding tert-OH is 2. The maximum absolute atomic E-state index is 14.0. The Balaban J connectivity index is 0.000000137. The predicted molar refractivity (Wildman–Crippen MR) is 452 cm³/mol. The molecule has 5 N–H and O–H groups in total. The van der Waals surface area contributed by atoms with Crippen molar-refractivity contribution in [2.75, 3.05) is 18.2 Å². The number of carbonyl (C=O) groups is 6. The molecule has 9 fully saturated rings. The summed E-state index contributed by atoms with van der Waals surface area (Å²) in [7, 11) is 1.50. The van der Waals surface area contributed by atoms with Gasteiger partial charge in [0.05, 0.1) is 60.8 Å². The third-order valence-corrected chi connectivity index (χ3v) is 34.5. The van der Waals surface area contributed by atoms with Crippen LogP contribution in [-0.4, -0.2) is 174 Å². The summed E-state index contributed by atoms with van der Waals surface area (Å²) in [5.74, 6) is -5.79. The van der Waals surface area contributed by atoms with Crippen LogP contribution in [0.4, 0.5) is 4.39 Å². The fourth-order valence-electron chi connectivity index (χ4n) is 26.7. The summed E-state index contributed by atoms with van der Waals surface area (Å²) in [6.45, 7) is 18.4. The van der Waals surface area contributed by atoms with Gasteiger partial charge in [-0.15, -0.1) is 0 Å². The molecule has 0 spiro atoms. The highest BCUT2D eigenvalue weighted by Gasteiger charge is 2.82. The van der Waals surface area contributed by atoms with Crippen molar-refractivity contribution in [3.05, 3.63) is 189 Å². The van der Waals surface area contributed by atoms with Crippen LogP contribution in [0.1, 0.15) is 146 Å². The number of methoxy groups -OCH3 is 1. The lowest BCUT2D eigenvalue weighted by Gasteiger charge is -2.60. The Morgan fingerprint density at radius 3 is 1.03 bits per heavy atom. The average molecular weight is 1810 g/mol. The van der Waals surface area contributed by atoms with Crippen molar-refractivity contribution in [2.45, 2.75) is 239 Å². The van der Waals surface area contributed by atoms with Crippen LogP contribution < -0.4 is 34.1 Å². The first-order valence-electron chi connectivity index (χ1n) is 43.1. The number of ether oxygens (including phenoxy) is 4. The maximum Gasteiger partial charge on any atom is 0.352 e. The number of esters is 3. The van der Waals surface area contributed by atoms with E-state index in [4.69, 9.17) is 18.9 Å². The summed E-state index contributed by atoms with van der Waals surface area (Å²) in [4.78, 5) is 159. The number of carbonyl (C=O) groups excluding carboxylic acids is 6. The number of hydrogen-bond donors (Lipinski definition) is 5. The lowest BCUT2D eigenvalue weighted by Crippen LogP contribution is -2.69. The second kappa shape index (κ2) is 31.2. The van der Waals surface area contributed by atoms with Crippen LogP contribution in [0.2, 0.25) is 0 Å². The van der Waals surface area contributed by atoms with Crippen molar-refractivity contribution in [2.24, 2.45) is 85.8 Å². The molecule has 0 amide bonds. The highest BCUT2D eigenvalue weighted by atomic mass is 127. The quantitative estimate of drug-likeness (QED) is 0.0288. The molecule has 0 saturated heterocycles. The number of hydrogen-bond acceptors (Lipinski definition) is 21. The summed E-state index contributed by atoms with van der Waals surface area (Å²) in [6.07, 6.45) is 5.18. The summed E-state index contributed by atoms with van der Waals surface area (Å²) < 4.78 is 49.1. The number of aromatic nitrogens is 9. The number of nitrogens with zero attached hydrogens (tertiary/aromatic N) is 9. The van der Waals surface area contributed by atoms with Crippen LogP contribution in [0, 0.1) is 85.8 Å². The minimum Gasteiger partial charge on any atom is -0.462 e. The second-order valence-electron chi connectivity index (χ2n) is 37.9. The van der Waals surface area contributed by atoms with Gasteiger partial charge >= 0.3 is 52.0 Å². The zero-order chi connectivity index (χ0) is 88.4. The molecule has 30 nitrogen and oxygen atoms in total. The third-order valence-electron chi connectivity index (χ3n) is 33.9. The van der Waals surface area contributed by atoms with E-state index in [0.29, 0.717) is 68.4 Å². The Morgan fingerprint density at radius 1 is 0.439 bits per heavy atom. The number of halogens is 2. The zero-order valence-corrected chi connectivity index (χ0v) is 73.4. The molecule has 660 valence electrons. The van der Waals surface area contributed by atoms with Crippen molar-refractivity contribution < 1.29 is 77.6 Å². The van der Waals surface area contributed by atoms with Gasteiger partial charge in [0.25, 0.3) is 0 Å². The van der Waals surface area contributed by atoms with Crippen molar-refractivity contribution in [1.29, 1.82) is 0 Å². The predicted octanol–water partition coefficient (Wildman–Crippen LogP) is 6.47. The number of alkyl halides is 2. The number of ketones is 3. The van der Waals surface area contributed by atoms with Gasteiger partial charge in [-0.05, 0) is 183 Å². The summed E-state index contributed by atoms with van der Waals surface area (Å²) in [5.41, 5.74) is -10.4. The van der Waals surface area contributed by atoms with Gasteiger partial charge in [-0.3, -0.25) is 24.0 Å². The lowest BCUT2D eigenvalue weighted by molar-refractivity contribution is -0.235. The fraction of sp³-hybridized carbons (Fsp3) is 0.604. The molecule has 0 unspecified atom stereocenters. The molecule has 6 heterocycles.